The normalized spacial score (nSPS) is 11.4. The van der Waals surface area contributed by atoms with Crippen LogP contribution < -0.4 is 5.32 Å². The van der Waals surface area contributed by atoms with Crippen LogP contribution in [0.3, 0.4) is 0 Å². The summed E-state index contributed by atoms with van der Waals surface area (Å²) in [5.41, 5.74) is 2.41. The lowest BCUT2D eigenvalue weighted by Gasteiger charge is -2.08. The first-order valence-corrected chi connectivity index (χ1v) is 10.7. The second-order valence-electron chi connectivity index (χ2n) is 6.11. The Kier molecular flexibility index (Phi) is 5.74. The molecule has 7 nitrogen and oxygen atoms in total. The molecule has 0 unspecified atom stereocenters. The number of rotatable bonds is 5. The lowest BCUT2D eigenvalue weighted by molar-refractivity contribution is 0.0950. The number of carbonyl (C=O) groups excluding carboxylic acids is 1. The lowest BCUT2D eigenvalue weighted by atomic mass is 10.2. The van der Waals surface area contributed by atoms with Crippen LogP contribution in [-0.2, 0) is 16.4 Å². The zero-order chi connectivity index (χ0) is 20.5. The molecule has 3 aromatic rings. The number of nitrogens with zero attached hydrogens (tertiary/aromatic N) is 3. The summed E-state index contributed by atoms with van der Waals surface area (Å²) in [5.74, 6) is -0.309. The average Bonchev–Trinajstić information content (AvgIpc) is 3.03. The van der Waals surface area contributed by atoms with E-state index in [1.165, 1.54) is 18.5 Å². The zero-order valence-electron chi connectivity index (χ0n) is 15.0. The summed E-state index contributed by atoms with van der Waals surface area (Å²) in [7, 11) is -3.36. The maximum Gasteiger partial charge on any atom is 0.255 e. The fourth-order valence-electron chi connectivity index (χ4n) is 2.52. The molecule has 146 valence electrons. The van der Waals surface area contributed by atoms with E-state index in [2.05, 4.69) is 15.4 Å². The number of hydrogen-bond acceptors (Lipinski definition) is 5. The third-order valence-electron chi connectivity index (χ3n) is 4.03. The molecule has 1 aromatic carbocycles. The Bertz CT molecular complexity index is 1140. The molecule has 1 N–H and O–H groups in total. The number of aromatic nitrogens is 3. The van der Waals surface area contributed by atoms with Gasteiger partial charge in [0.25, 0.3) is 5.91 Å². The van der Waals surface area contributed by atoms with Gasteiger partial charge >= 0.3 is 0 Å². The fourth-order valence-corrected chi connectivity index (χ4v) is 3.37. The summed E-state index contributed by atoms with van der Waals surface area (Å²) in [4.78, 5) is 16.4. The molecule has 0 aliphatic rings. The number of hydrogen-bond donors (Lipinski definition) is 1. The second kappa shape index (κ2) is 7.90. The van der Waals surface area contributed by atoms with Crippen LogP contribution in [0.5, 0.6) is 0 Å². The summed E-state index contributed by atoms with van der Waals surface area (Å²) in [5, 5.41) is 7.83. The molecule has 0 bridgehead atoms. The Balaban J connectivity index is 1.73. The van der Waals surface area contributed by atoms with Gasteiger partial charge in [-0.1, -0.05) is 29.3 Å². The highest BCUT2D eigenvalue weighted by Crippen LogP contribution is 2.25. The van der Waals surface area contributed by atoms with E-state index in [0.29, 0.717) is 32.6 Å². The molecule has 1 amide bonds. The molecule has 0 fully saturated rings. The fraction of sp³-hybridized carbons (Fsp3) is 0.167. The van der Waals surface area contributed by atoms with Gasteiger partial charge in [-0.3, -0.25) is 4.79 Å². The van der Waals surface area contributed by atoms with Gasteiger partial charge in [0.1, 0.15) is 0 Å². The molecule has 2 heterocycles. The van der Waals surface area contributed by atoms with E-state index in [1.54, 1.807) is 35.9 Å². The molecule has 2 aromatic heterocycles. The predicted octanol–water partition coefficient (Wildman–Crippen LogP) is 3.22. The summed E-state index contributed by atoms with van der Waals surface area (Å²) < 4.78 is 24.5. The molecular weight excluding hydrogens is 423 g/mol. The van der Waals surface area contributed by atoms with Gasteiger partial charge in [0.15, 0.2) is 14.9 Å². The van der Waals surface area contributed by atoms with Gasteiger partial charge in [0.2, 0.25) is 0 Å². The van der Waals surface area contributed by atoms with Crippen LogP contribution in [0.15, 0.2) is 47.8 Å². The van der Waals surface area contributed by atoms with Crippen molar-refractivity contribution in [2.75, 3.05) is 6.26 Å². The number of amides is 1. The standard InChI is InChI=1S/C18H16Cl2N4O3S/c1-11-14(10-23-24(11)13-4-5-15(19)16(20)7-13)18(25)22-9-12-3-6-17(21-8-12)28(2,26)27/h3-8,10H,9H2,1-2H3,(H,22,25). The second-order valence-corrected chi connectivity index (χ2v) is 8.89. The minimum atomic E-state index is -3.36. The molecule has 3 rings (SSSR count). The van der Waals surface area contributed by atoms with E-state index in [9.17, 15) is 13.2 Å². The third kappa shape index (κ3) is 4.35. The molecule has 28 heavy (non-hydrogen) atoms. The van der Waals surface area contributed by atoms with E-state index in [0.717, 1.165) is 6.26 Å². The first-order chi connectivity index (χ1) is 13.2. The van der Waals surface area contributed by atoms with Crippen LogP contribution in [-0.4, -0.2) is 35.3 Å². The minimum Gasteiger partial charge on any atom is -0.348 e. The van der Waals surface area contributed by atoms with Crippen LogP contribution in [0.2, 0.25) is 10.0 Å². The Morgan fingerprint density at radius 2 is 1.89 bits per heavy atom. The molecular formula is C18H16Cl2N4O3S. The van der Waals surface area contributed by atoms with Gasteiger partial charge in [-0.15, -0.1) is 0 Å². The maximum absolute atomic E-state index is 12.5. The molecule has 0 saturated heterocycles. The smallest absolute Gasteiger partial charge is 0.255 e. The molecule has 0 radical (unpaired) electrons. The molecule has 0 spiro atoms. The van der Waals surface area contributed by atoms with Crippen molar-refractivity contribution < 1.29 is 13.2 Å². The van der Waals surface area contributed by atoms with Crippen molar-refractivity contribution in [3.63, 3.8) is 0 Å². The van der Waals surface area contributed by atoms with E-state index in [1.807, 2.05) is 0 Å². The topological polar surface area (TPSA) is 93.9 Å². The third-order valence-corrected chi connectivity index (χ3v) is 5.77. The first kappa shape index (κ1) is 20.3. The number of pyridine rings is 1. The Labute approximate surface area is 172 Å². The lowest BCUT2D eigenvalue weighted by Crippen LogP contribution is -2.23. The number of halogens is 2. The van der Waals surface area contributed by atoms with Crippen molar-refractivity contribution >= 4 is 38.9 Å². The van der Waals surface area contributed by atoms with Crippen LogP contribution in [0.1, 0.15) is 21.6 Å². The van der Waals surface area contributed by atoms with E-state index in [-0.39, 0.29) is 17.5 Å². The number of sulfone groups is 1. The number of carbonyl (C=O) groups is 1. The van der Waals surface area contributed by atoms with Crippen molar-refractivity contribution in [2.24, 2.45) is 0 Å². The molecule has 0 saturated carbocycles. The molecule has 0 atom stereocenters. The Hall–Kier alpha value is -2.42. The Morgan fingerprint density at radius 1 is 1.14 bits per heavy atom. The van der Waals surface area contributed by atoms with Gasteiger partial charge in [0.05, 0.1) is 33.2 Å². The van der Waals surface area contributed by atoms with Gasteiger partial charge in [0, 0.05) is 19.0 Å². The van der Waals surface area contributed by atoms with Gasteiger partial charge in [-0.25, -0.2) is 18.1 Å². The van der Waals surface area contributed by atoms with E-state index < -0.39 is 9.84 Å². The average molecular weight is 439 g/mol. The molecule has 10 heteroatoms. The quantitative estimate of drug-likeness (QED) is 0.659. The highest BCUT2D eigenvalue weighted by molar-refractivity contribution is 7.90. The van der Waals surface area contributed by atoms with Crippen LogP contribution in [0.4, 0.5) is 0 Å². The highest BCUT2D eigenvalue weighted by Gasteiger charge is 2.16. The van der Waals surface area contributed by atoms with Crippen molar-refractivity contribution in [1.82, 2.24) is 20.1 Å². The summed E-state index contributed by atoms with van der Waals surface area (Å²) in [6.07, 6.45) is 3.98. The maximum atomic E-state index is 12.5. The SMILES string of the molecule is Cc1c(C(=O)NCc2ccc(S(C)(=O)=O)nc2)cnn1-c1ccc(Cl)c(Cl)c1. The van der Waals surface area contributed by atoms with Crippen LogP contribution >= 0.6 is 23.2 Å². The van der Waals surface area contributed by atoms with Gasteiger partial charge in [-0.2, -0.15) is 5.10 Å². The predicted molar refractivity (Wildman–Crippen MR) is 107 cm³/mol. The molecule has 0 aliphatic heterocycles. The summed E-state index contributed by atoms with van der Waals surface area (Å²) in [6.45, 7) is 1.97. The van der Waals surface area contributed by atoms with E-state index in [4.69, 9.17) is 23.2 Å². The minimum absolute atomic E-state index is 0.0127. The number of benzene rings is 1. The largest absolute Gasteiger partial charge is 0.348 e. The monoisotopic (exact) mass is 438 g/mol. The van der Waals surface area contributed by atoms with Crippen molar-refractivity contribution in [3.8, 4) is 5.69 Å². The highest BCUT2D eigenvalue weighted by atomic mass is 35.5. The Morgan fingerprint density at radius 3 is 2.50 bits per heavy atom. The molecule has 0 aliphatic carbocycles. The number of nitrogens with one attached hydrogen (secondary N) is 1. The van der Waals surface area contributed by atoms with E-state index >= 15 is 0 Å². The summed E-state index contributed by atoms with van der Waals surface area (Å²) in [6, 6.07) is 8.10. The van der Waals surface area contributed by atoms with Crippen molar-refractivity contribution in [2.45, 2.75) is 18.5 Å². The first-order valence-electron chi connectivity index (χ1n) is 8.10. The van der Waals surface area contributed by atoms with Crippen LogP contribution in [0, 0.1) is 6.92 Å². The van der Waals surface area contributed by atoms with Gasteiger partial charge < -0.3 is 5.32 Å². The van der Waals surface area contributed by atoms with Crippen molar-refractivity contribution in [1.29, 1.82) is 0 Å². The van der Waals surface area contributed by atoms with Gasteiger partial charge in [-0.05, 0) is 36.8 Å². The van der Waals surface area contributed by atoms with Crippen molar-refractivity contribution in [3.05, 3.63) is 69.6 Å². The van der Waals surface area contributed by atoms with Crippen LogP contribution in [0.25, 0.3) is 5.69 Å². The zero-order valence-corrected chi connectivity index (χ0v) is 17.3. The summed E-state index contributed by atoms with van der Waals surface area (Å²) >= 11 is 12.0.